The molecule has 0 aliphatic rings. The number of rotatable bonds is 13. The first-order valence-corrected chi connectivity index (χ1v) is 14.0. The van der Waals surface area contributed by atoms with Gasteiger partial charge in [-0.3, -0.25) is 14.4 Å². The van der Waals surface area contributed by atoms with Crippen LogP contribution in [0.3, 0.4) is 0 Å². The lowest BCUT2D eigenvalue weighted by molar-refractivity contribution is -0.145. The Morgan fingerprint density at radius 1 is 1.13 bits per heavy atom. The number of methoxy groups -OCH3 is 1. The molecule has 9 nitrogen and oxygen atoms in total. The minimum Gasteiger partial charge on any atom is -0.482 e. The van der Waals surface area contributed by atoms with Gasteiger partial charge < -0.3 is 25.1 Å². The highest BCUT2D eigenvalue weighted by atomic mass is 32.1. The van der Waals surface area contributed by atoms with Gasteiger partial charge >= 0.3 is 5.97 Å². The zero-order chi connectivity index (χ0) is 28.9. The normalized spacial score (nSPS) is 12.1. The number of aldehydes is 1. The quantitative estimate of drug-likeness (QED) is 0.186. The second-order valence-corrected chi connectivity index (χ2v) is 10.0. The molecule has 0 aliphatic heterocycles. The van der Waals surface area contributed by atoms with E-state index in [1.807, 2.05) is 11.4 Å². The van der Waals surface area contributed by atoms with Gasteiger partial charge in [0, 0.05) is 17.6 Å². The number of nitrogens with one attached hydrogen (secondary N) is 1. The fourth-order valence-electron chi connectivity index (χ4n) is 4.37. The van der Waals surface area contributed by atoms with Crippen molar-refractivity contribution in [3.05, 3.63) is 52.5 Å². The summed E-state index contributed by atoms with van der Waals surface area (Å²) in [5, 5.41) is 5.87. The van der Waals surface area contributed by atoms with E-state index in [-0.39, 0.29) is 18.8 Å². The van der Waals surface area contributed by atoms with Gasteiger partial charge in [-0.05, 0) is 36.3 Å². The first-order valence-electron chi connectivity index (χ1n) is 13.1. The predicted molar refractivity (Wildman–Crippen MR) is 153 cm³/mol. The number of hydrogen-bond donors (Lipinski definition) is 2. The van der Waals surface area contributed by atoms with Crippen LogP contribution in [-0.2, 0) is 43.3 Å². The van der Waals surface area contributed by atoms with Gasteiger partial charge in [-0.15, -0.1) is 11.3 Å². The molecule has 0 aliphatic carbocycles. The monoisotopic (exact) mass is 557 g/mol. The van der Waals surface area contributed by atoms with Crippen LogP contribution in [0.25, 0.3) is 10.2 Å². The molecular weight excluding hydrogens is 518 g/mol. The van der Waals surface area contributed by atoms with Gasteiger partial charge in [-0.2, -0.15) is 0 Å². The number of thiophene rings is 1. The molecule has 2 amide bonds. The van der Waals surface area contributed by atoms with Crippen molar-refractivity contribution in [1.29, 1.82) is 0 Å². The van der Waals surface area contributed by atoms with Crippen LogP contribution in [0.5, 0.6) is 5.75 Å². The largest absolute Gasteiger partial charge is 0.482 e. The smallest absolute Gasteiger partial charge is 0.328 e. The standard InChI is InChI=1S/C27H36N2O4S.C2H3NO2/c1-6-18(4)14-21(27(31)32-5)28-24(30)16-33-23-17-34-26-25(23)20(7-2)22(8-3)29(26)15-19-12-10-9-11-13-19;3-2(5)1-4/h9-13,17-18,21H,6-8,14-16H2,1-5H3,(H,28,30);1H,(H2,3,5)/t18?,21-;/m0./s1. The Morgan fingerprint density at radius 2 is 1.79 bits per heavy atom. The number of fused-ring (bicyclic) bond motifs is 1. The lowest BCUT2D eigenvalue weighted by Gasteiger charge is -2.19. The van der Waals surface area contributed by atoms with Crippen molar-refractivity contribution < 1.29 is 28.7 Å². The zero-order valence-corrected chi connectivity index (χ0v) is 24.1. The molecule has 2 atom stereocenters. The highest BCUT2D eigenvalue weighted by Crippen LogP contribution is 2.40. The van der Waals surface area contributed by atoms with E-state index in [0.717, 1.165) is 41.8 Å². The van der Waals surface area contributed by atoms with Crippen molar-refractivity contribution in [3.63, 3.8) is 0 Å². The number of nitrogens with zero attached hydrogens (tertiary/aromatic N) is 1. The lowest BCUT2D eigenvalue weighted by atomic mass is 9.99. The van der Waals surface area contributed by atoms with Crippen LogP contribution in [-0.4, -0.2) is 48.4 Å². The molecule has 39 heavy (non-hydrogen) atoms. The summed E-state index contributed by atoms with van der Waals surface area (Å²) >= 11 is 1.64. The summed E-state index contributed by atoms with van der Waals surface area (Å²) in [6.45, 7) is 9.11. The van der Waals surface area contributed by atoms with E-state index in [4.69, 9.17) is 14.3 Å². The maximum Gasteiger partial charge on any atom is 0.328 e. The molecule has 3 aromatic rings. The molecule has 212 valence electrons. The first-order chi connectivity index (χ1) is 18.7. The average molecular weight is 558 g/mol. The third kappa shape index (κ3) is 8.68. The summed E-state index contributed by atoms with van der Waals surface area (Å²) in [5.74, 6) is -0.651. The Balaban J connectivity index is 0.000000976. The summed E-state index contributed by atoms with van der Waals surface area (Å²) in [7, 11) is 1.34. The van der Waals surface area contributed by atoms with E-state index in [1.165, 1.54) is 23.9 Å². The van der Waals surface area contributed by atoms with Crippen molar-refractivity contribution in [2.24, 2.45) is 11.7 Å². The van der Waals surface area contributed by atoms with Gasteiger partial charge in [-0.25, -0.2) is 4.79 Å². The van der Waals surface area contributed by atoms with Crippen molar-refractivity contribution >= 4 is 45.6 Å². The minimum absolute atomic E-state index is 0.0556. The number of aryl methyl sites for hydroxylation is 1. The van der Waals surface area contributed by atoms with Crippen LogP contribution < -0.4 is 15.8 Å². The topological polar surface area (TPSA) is 130 Å². The molecule has 0 bridgehead atoms. The molecule has 1 aromatic carbocycles. The summed E-state index contributed by atoms with van der Waals surface area (Å²) < 4.78 is 13.3. The first kappa shape index (κ1) is 31.6. The number of hydrogen-bond acceptors (Lipinski definition) is 7. The Bertz CT molecular complexity index is 1250. The maximum atomic E-state index is 12.7. The van der Waals surface area contributed by atoms with Crippen molar-refractivity contribution in [3.8, 4) is 5.75 Å². The molecule has 10 heteroatoms. The Morgan fingerprint density at radius 3 is 2.33 bits per heavy atom. The highest BCUT2D eigenvalue weighted by Gasteiger charge is 2.25. The van der Waals surface area contributed by atoms with E-state index in [9.17, 15) is 14.4 Å². The average Bonchev–Trinajstić information content (AvgIpc) is 3.49. The molecule has 0 saturated heterocycles. The Labute approximate surface area is 233 Å². The van der Waals surface area contributed by atoms with Crippen LogP contribution in [0.2, 0.25) is 0 Å². The zero-order valence-electron chi connectivity index (χ0n) is 23.3. The number of nitrogens with two attached hydrogens (primary N) is 1. The molecule has 2 heterocycles. The lowest BCUT2D eigenvalue weighted by Crippen LogP contribution is -2.44. The van der Waals surface area contributed by atoms with Gasteiger partial charge in [0.05, 0.1) is 12.5 Å². The molecule has 3 N–H and O–H groups in total. The van der Waals surface area contributed by atoms with E-state index in [0.29, 0.717) is 12.3 Å². The molecule has 2 aromatic heterocycles. The number of carbonyl (C=O) groups excluding carboxylic acids is 4. The Hall–Kier alpha value is -3.66. The SMILES string of the molecule is CCc1c(CC)n(Cc2ccccc2)c2scc(OCC(=O)N[C@@H](CC(C)CC)C(=O)OC)c12.NC(=O)C=O. The third-order valence-corrected chi connectivity index (χ3v) is 7.44. The van der Waals surface area contributed by atoms with Gasteiger partial charge in [0.2, 0.25) is 6.29 Å². The summed E-state index contributed by atoms with van der Waals surface area (Å²) in [5.41, 5.74) is 8.12. The molecule has 0 saturated carbocycles. The van der Waals surface area contributed by atoms with Crippen molar-refractivity contribution in [1.82, 2.24) is 9.88 Å². The van der Waals surface area contributed by atoms with Crippen molar-refractivity contribution in [2.75, 3.05) is 13.7 Å². The van der Waals surface area contributed by atoms with E-state index in [2.05, 4.69) is 67.6 Å². The van der Waals surface area contributed by atoms with Gasteiger partial charge in [0.15, 0.2) is 6.61 Å². The number of benzene rings is 1. The number of primary amides is 1. The molecule has 0 fully saturated rings. The fraction of sp³-hybridized carbons (Fsp3) is 0.448. The van der Waals surface area contributed by atoms with Crippen LogP contribution in [0.1, 0.15) is 57.4 Å². The molecule has 3 rings (SSSR count). The van der Waals surface area contributed by atoms with Crippen LogP contribution in [0, 0.1) is 5.92 Å². The van der Waals surface area contributed by atoms with Crippen molar-refractivity contribution in [2.45, 2.75) is 66.0 Å². The number of carbonyl (C=O) groups is 4. The summed E-state index contributed by atoms with van der Waals surface area (Å²) in [6, 6.07) is 9.78. The number of esters is 1. The van der Waals surface area contributed by atoms with Crippen LogP contribution in [0.4, 0.5) is 0 Å². The molecule has 0 radical (unpaired) electrons. The predicted octanol–water partition coefficient (Wildman–Crippen LogP) is 4.02. The fourth-order valence-corrected chi connectivity index (χ4v) is 5.42. The second kappa shape index (κ2) is 15.7. The van der Waals surface area contributed by atoms with Gasteiger partial charge in [0.1, 0.15) is 16.6 Å². The highest BCUT2D eigenvalue weighted by molar-refractivity contribution is 7.17. The molecule has 1 unspecified atom stereocenters. The summed E-state index contributed by atoms with van der Waals surface area (Å²) in [4.78, 5) is 44.2. The number of amides is 2. The number of aromatic nitrogens is 1. The minimum atomic E-state index is -0.926. The molecule has 0 spiro atoms. The van der Waals surface area contributed by atoms with E-state index >= 15 is 0 Å². The maximum absolute atomic E-state index is 12.7. The second-order valence-electron chi connectivity index (χ2n) is 9.19. The third-order valence-electron chi connectivity index (χ3n) is 6.46. The molecular formula is C29H39N3O6S. The van der Waals surface area contributed by atoms with E-state index < -0.39 is 17.9 Å². The number of ether oxygens (including phenoxy) is 2. The van der Waals surface area contributed by atoms with Gasteiger partial charge in [0.25, 0.3) is 11.8 Å². The Kier molecular flexibility index (Phi) is 12.7. The van der Waals surface area contributed by atoms with Crippen LogP contribution in [0.15, 0.2) is 35.7 Å². The van der Waals surface area contributed by atoms with E-state index in [1.54, 1.807) is 11.3 Å². The van der Waals surface area contributed by atoms with Gasteiger partial charge in [-0.1, -0.05) is 64.4 Å². The van der Waals surface area contributed by atoms with Crippen LogP contribution >= 0.6 is 11.3 Å². The summed E-state index contributed by atoms with van der Waals surface area (Å²) in [6.07, 6.45) is 3.33.